The summed E-state index contributed by atoms with van der Waals surface area (Å²) in [6.07, 6.45) is 3.01. The largest absolute Gasteiger partial charge is 0.468 e. The van der Waals surface area contributed by atoms with E-state index in [-0.39, 0.29) is 12.5 Å². The second kappa shape index (κ2) is 6.41. The predicted molar refractivity (Wildman–Crippen MR) is 78.4 cm³/mol. The summed E-state index contributed by atoms with van der Waals surface area (Å²) in [5, 5.41) is 7.16. The van der Waals surface area contributed by atoms with Gasteiger partial charge in [-0.3, -0.25) is 14.3 Å². The minimum absolute atomic E-state index is 0.0113. The first kappa shape index (κ1) is 15.1. The summed E-state index contributed by atoms with van der Waals surface area (Å²) in [5.41, 5.74) is 1.80. The lowest BCUT2D eigenvalue weighted by Crippen LogP contribution is -2.13. The second-order valence-electron chi connectivity index (χ2n) is 4.42. The maximum Gasteiger partial charge on any atom is 0.327 e. The molecule has 2 aromatic rings. The van der Waals surface area contributed by atoms with Crippen molar-refractivity contribution in [1.29, 1.82) is 0 Å². The minimum atomic E-state index is -0.415. The molecule has 1 amide bonds. The van der Waals surface area contributed by atoms with Gasteiger partial charge < -0.3 is 10.1 Å². The van der Waals surface area contributed by atoms with Crippen LogP contribution in [0.1, 0.15) is 15.9 Å². The Balaban J connectivity index is 2.09. The summed E-state index contributed by atoms with van der Waals surface area (Å²) in [6.45, 7) is 1.81. The second-order valence-corrected chi connectivity index (χ2v) is 4.85. The topological polar surface area (TPSA) is 73.2 Å². The van der Waals surface area contributed by atoms with Gasteiger partial charge in [0.15, 0.2) is 0 Å². The maximum atomic E-state index is 12.2. The Hall–Kier alpha value is -2.34. The van der Waals surface area contributed by atoms with Crippen molar-refractivity contribution in [2.45, 2.75) is 13.5 Å². The smallest absolute Gasteiger partial charge is 0.327 e. The molecular weight excluding hydrogens is 294 g/mol. The van der Waals surface area contributed by atoms with Gasteiger partial charge in [0.2, 0.25) is 0 Å². The molecule has 1 heterocycles. The van der Waals surface area contributed by atoms with Gasteiger partial charge in [0, 0.05) is 16.8 Å². The van der Waals surface area contributed by atoms with Crippen LogP contribution in [0, 0.1) is 6.92 Å². The first-order valence-corrected chi connectivity index (χ1v) is 6.54. The Morgan fingerprint density at radius 2 is 2.19 bits per heavy atom. The van der Waals surface area contributed by atoms with Gasteiger partial charge in [-0.15, -0.1) is 0 Å². The first-order chi connectivity index (χ1) is 9.99. The van der Waals surface area contributed by atoms with Gasteiger partial charge in [0.25, 0.3) is 5.91 Å². The first-order valence-electron chi connectivity index (χ1n) is 6.16. The fourth-order valence-electron chi connectivity index (χ4n) is 1.75. The molecule has 0 spiro atoms. The molecule has 0 aliphatic rings. The van der Waals surface area contributed by atoms with Crippen molar-refractivity contribution < 1.29 is 14.3 Å². The number of halogens is 1. The molecule has 1 aromatic carbocycles. The average molecular weight is 308 g/mol. The molecule has 1 N–H and O–H groups in total. The molecule has 0 saturated heterocycles. The van der Waals surface area contributed by atoms with E-state index in [0.717, 1.165) is 5.56 Å². The highest BCUT2D eigenvalue weighted by Gasteiger charge is 2.11. The van der Waals surface area contributed by atoms with Crippen LogP contribution in [-0.4, -0.2) is 28.8 Å². The third-order valence-electron chi connectivity index (χ3n) is 2.85. The van der Waals surface area contributed by atoms with Gasteiger partial charge in [-0.05, 0) is 24.6 Å². The van der Waals surface area contributed by atoms with Crippen LogP contribution in [0.2, 0.25) is 5.02 Å². The Labute approximate surface area is 126 Å². The molecule has 110 valence electrons. The molecule has 0 atom stereocenters. The number of aryl methyl sites for hydroxylation is 1. The van der Waals surface area contributed by atoms with Crippen LogP contribution < -0.4 is 5.32 Å². The highest BCUT2D eigenvalue weighted by Crippen LogP contribution is 2.17. The molecule has 0 bridgehead atoms. The molecular formula is C14H14ClN3O3. The summed E-state index contributed by atoms with van der Waals surface area (Å²) in [7, 11) is 1.30. The lowest BCUT2D eigenvalue weighted by Gasteiger charge is -2.06. The Kier molecular flexibility index (Phi) is 4.59. The zero-order valence-electron chi connectivity index (χ0n) is 11.6. The molecule has 0 radical (unpaired) electrons. The summed E-state index contributed by atoms with van der Waals surface area (Å²) in [4.78, 5) is 23.3. The molecule has 0 saturated carbocycles. The summed E-state index contributed by atoms with van der Waals surface area (Å²) in [6, 6.07) is 5.10. The molecule has 7 heteroatoms. The van der Waals surface area contributed by atoms with Crippen molar-refractivity contribution in [3.05, 3.63) is 46.7 Å². The molecule has 21 heavy (non-hydrogen) atoms. The summed E-state index contributed by atoms with van der Waals surface area (Å²) in [5.74, 6) is -0.700. The van der Waals surface area contributed by atoms with Crippen molar-refractivity contribution in [3.8, 4) is 0 Å². The van der Waals surface area contributed by atoms with E-state index in [9.17, 15) is 9.59 Å². The number of carbonyl (C=O) groups is 2. The fourth-order valence-corrected chi connectivity index (χ4v) is 1.92. The van der Waals surface area contributed by atoms with E-state index in [2.05, 4.69) is 15.2 Å². The SMILES string of the molecule is COC(=O)Cn1cc(NC(=O)c2cc(Cl)ccc2C)cn1. The number of ether oxygens (including phenoxy) is 1. The number of esters is 1. The van der Waals surface area contributed by atoms with Gasteiger partial charge in [0.1, 0.15) is 6.54 Å². The standard InChI is InChI=1S/C14H14ClN3O3/c1-9-3-4-10(15)5-12(9)14(20)17-11-6-16-18(7-11)8-13(19)21-2/h3-7H,8H2,1-2H3,(H,17,20). The highest BCUT2D eigenvalue weighted by molar-refractivity contribution is 6.31. The van der Waals surface area contributed by atoms with Crippen LogP contribution >= 0.6 is 11.6 Å². The molecule has 2 rings (SSSR count). The zero-order chi connectivity index (χ0) is 15.4. The van der Waals surface area contributed by atoms with Gasteiger partial charge in [-0.25, -0.2) is 0 Å². The molecule has 6 nitrogen and oxygen atoms in total. The van der Waals surface area contributed by atoms with Crippen molar-refractivity contribution in [3.63, 3.8) is 0 Å². The van der Waals surface area contributed by atoms with Crippen LogP contribution in [0.4, 0.5) is 5.69 Å². The van der Waals surface area contributed by atoms with E-state index < -0.39 is 5.97 Å². The van der Waals surface area contributed by atoms with Crippen LogP contribution in [0.25, 0.3) is 0 Å². The number of hydrogen-bond donors (Lipinski definition) is 1. The summed E-state index contributed by atoms with van der Waals surface area (Å²) >= 11 is 5.89. The average Bonchev–Trinajstić information content (AvgIpc) is 2.88. The van der Waals surface area contributed by atoms with Crippen LogP contribution in [0.3, 0.4) is 0 Å². The van der Waals surface area contributed by atoms with E-state index in [1.807, 2.05) is 6.92 Å². The molecule has 1 aromatic heterocycles. The van der Waals surface area contributed by atoms with Gasteiger partial charge in [0.05, 0.1) is 19.0 Å². The minimum Gasteiger partial charge on any atom is -0.468 e. The van der Waals surface area contributed by atoms with Crippen molar-refractivity contribution in [1.82, 2.24) is 9.78 Å². The number of aromatic nitrogens is 2. The van der Waals surface area contributed by atoms with E-state index >= 15 is 0 Å². The third-order valence-corrected chi connectivity index (χ3v) is 3.09. The number of benzene rings is 1. The van der Waals surface area contributed by atoms with Crippen LogP contribution in [0.5, 0.6) is 0 Å². The third kappa shape index (κ3) is 3.82. The number of amides is 1. The van der Waals surface area contributed by atoms with Crippen LogP contribution in [-0.2, 0) is 16.1 Å². The van der Waals surface area contributed by atoms with Gasteiger partial charge in [-0.1, -0.05) is 17.7 Å². The van der Waals surface area contributed by atoms with Crippen molar-refractivity contribution in [2.24, 2.45) is 0 Å². The zero-order valence-corrected chi connectivity index (χ0v) is 12.3. The predicted octanol–water partition coefficient (Wildman–Crippen LogP) is 2.27. The van der Waals surface area contributed by atoms with Crippen molar-refractivity contribution in [2.75, 3.05) is 12.4 Å². The molecule has 0 aliphatic heterocycles. The molecule has 0 fully saturated rings. The Morgan fingerprint density at radius 3 is 2.90 bits per heavy atom. The highest BCUT2D eigenvalue weighted by atomic mass is 35.5. The van der Waals surface area contributed by atoms with Crippen LogP contribution in [0.15, 0.2) is 30.6 Å². The molecule has 0 unspecified atom stereocenters. The normalized spacial score (nSPS) is 10.2. The maximum absolute atomic E-state index is 12.2. The summed E-state index contributed by atoms with van der Waals surface area (Å²) < 4.78 is 5.92. The quantitative estimate of drug-likeness (QED) is 0.879. The molecule has 0 aliphatic carbocycles. The monoisotopic (exact) mass is 307 g/mol. The Bertz CT molecular complexity index is 682. The number of hydrogen-bond acceptors (Lipinski definition) is 4. The van der Waals surface area contributed by atoms with E-state index in [0.29, 0.717) is 16.3 Å². The van der Waals surface area contributed by atoms with E-state index in [4.69, 9.17) is 11.6 Å². The number of nitrogens with one attached hydrogen (secondary N) is 1. The number of rotatable bonds is 4. The number of anilines is 1. The van der Waals surface area contributed by atoms with Gasteiger partial charge in [-0.2, -0.15) is 5.10 Å². The number of carbonyl (C=O) groups excluding carboxylic acids is 2. The van der Waals surface area contributed by atoms with E-state index in [1.54, 1.807) is 24.4 Å². The lowest BCUT2D eigenvalue weighted by atomic mass is 10.1. The van der Waals surface area contributed by atoms with Gasteiger partial charge >= 0.3 is 5.97 Å². The number of methoxy groups -OCH3 is 1. The fraction of sp³-hybridized carbons (Fsp3) is 0.214. The lowest BCUT2D eigenvalue weighted by molar-refractivity contribution is -0.141. The number of nitrogens with zero attached hydrogens (tertiary/aromatic N) is 2. The van der Waals surface area contributed by atoms with Crippen molar-refractivity contribution >= 4 is 29.2 Å². The van der Waals surface area contributed by atoms with E-state index in [1.165, 1.54) is 18.0 Å². The Morgan fingerprint density at radius 1 is 1.43 bits per heavy atom.